The first-order chi connectivity index (χ1) is 7.52. The third-order valence-corrected chi connectivity index (χ3v) is 2.18. The number of esters is 1. The summed E-state index contributed by atoms with van der Waals surface area (Å²) >= 11 is 0. The van der Waals surface area contributed by atoms with E-state index in [1.54, 1.807) is 17.1 Å². The van der Waals surface area contributed by atoms with Gasteiger partial charge in [-0.2, -0.15) is 5.10 Å². The smallest absolute Gasteiger partial charge is 0.308 e. The third kappa shape index (κ3) is 3.66. The molecule has 5 heteroatoms. The topological polar surface area (TPSA) is 64.3 Å². The number of aliphatic hydroxyl groups excluding tert-OH is 1. The quantitative estimate of drug-likeness (QED) is 0.764. The second kappa shape index (κ2) is 5.65. The van der Waals surface area contributed by atoms with Gasteiger partial charge in [-0.25, -0.2) is 0 Å². The molecule has 0 saturated heterocycles. The maximum Gasteiger partial charge on any atom is 0.308 e. The van der Waals surface area contributed by atoms with Gasteiger partial charge in [0.2, 0.25) is 0 Å². The molecule has 0 aliphatic rings. The fourth-order valence-corrected chi connectivity index (χ4v) is 1.38. The molecule has 0 radical (unpaired) electrons. The molecule has 0 bridgehead atoms. The van der Waals surface area contributed by atoms with Crippen LogP contribution in [-0.4, -0.2) is 28.0 Å². The summed E-state index contributed by atoms with van der Waals surface area (Å²) in [6.45, 7) is 4.98. The van der Waals surface area contributed by atoms with Gasteiger partial charge in [0, 0.05) is 18.3 Å². The Morgan fingerprint density at radius 1 is 1.62 bits per heavy atom. The van der Waals surface area contributed by atoms with Gasteiger partial charge in [0.15, 0.2) is 0 Å². The van der Waals surface area contributed by atoms with E-state index in [-0.39, 0.29) is 6.42 Å². The van der Waals surface area contributed by atoms with Crippen molar-refractivity contribution in [3.8, 4) is 0 Å². The average molecular weight is 226 g/mol. The zero-order valence-corrected chi connectivity index (χ0v) is 9.88. The van der Waals surface area contributed by atoms with E-state index in [9.17, 15) is 9.90 Å². The van der Waals surface area contributed by atoms with Crippen molar-refractivity contribution in [1.82, 2.24) is 9.78 Å². The van der Waals surface area contributed by atoms with E-state index in [0.717, 1.165) is 6.54 Å². The fraction of sp³-hybridized carbons (Fsp3) is 0.636. The van der Waals surface area contributed by atoms with Crippen LogP contribution in [0, 0.1) is 5.92 Å². The Hall–Kier alpha value is -1.36. The van der Waals surface area contributed by atoms with Crippen molar-refractivity contribution in [2.45, 2.75) is 32.9 Å². The van der Waals surface area contributed by atoms with Crippen LogP contribution in [0.1, 0.15) is 31.9 Å². The van der Waals surface area contributed by atoms with Crippen LogP contribution >= 0.6 is 0 Å². The average Bonchev–Trinajstić information content (AvgIpc) is 2.65. The van der Waals surface area contributed by atoms with Crippen LogP contribution in [0.2, 0.25) is 0 Å². The monoisotopic (exact) mass is 226 g/mol. The molecule has 1 atom stereocenters. The highest BCUT2D eigenvalue weighted by Crippen LogP contribution is 2.16. The predicted molar refractivity (Wildman–Crippen MR) is 58.7 cm³/mol. The van der Waals surface area contributed by atoms with Crippen molar-refractivity contribution in [3.05, 3.63) is 18.0 Å². The Morgan fingerprint density at radius 2 is 2.31 bits per heavy atom. The van der Waals surface area contributed by atoms with Crippen molar-refractivity contribution in [2.24, 2.45) is 5.92 Å². The molecule has 0 spiro atoms. The molecule has 5 nitrogen and oxygen atoms in total. The lowest BCUT2D eigenvalue weighted by molar-refractivity contribution is -0.142. The molecular weight excluding hydrogens is 208 g/mol. The number of hydrogen-bond donors (Lipinski definition) is 1. The van der Waals surface area contributed by atoms with Crippen LogP contribution in [0.15, 0.2) is 12.4 Å². The number of nitrogens with zero attached hydrogens (tertiary/aromatic N) is 2. The standard InChI is InChI=1S/C11H18N2O3/c1-8(2)6-13-7-9(5-12-13)10(14)4-11(15)16-3/h5,7-8,10,14H,4,6H2,1-3H3/t10-/m0/s1. The number of methoxy groups -OCH3 is 1. The normalized spacial score (nSPS) is 12.8. The summed E-state index contributed by atoms with van der Waals surface area (Å²) in [6.07, 6.45) is 2.46. The molecule has 1 aromatic rings. The van der Waals surface area contributed by atoms with E-state index < -0.39 is 12.1 Å². The number of ether oxygens (including phenoxy) is 1. The SMILES string of the molecule is COC(=O)C[C@H](O)c1cnn(CC(C)C)c1. The molecule has 0 aliphatic carbocycles. The number of aromatic nitrogens is 2. The lowest BCUT2D eigenvalue weighted by Crippen LogP contribution is -2.08. The van der Waals surface area contributed by atoms with E-state index in [1.807, 2.05) is 0 Å². The summed E-state index contributed by atoms with van der Waals surface area (Å²) in [5.74, 6) is 0.0645. The van der Waals surface area contributed by atoms with Gasteiger partial charge in [-0.1, -0.05) is 13.8 Å². The van der Waals surface area contributed by atoms with E-state index in [1.165, 1.54) is 7.11 Å². The van der Waals surface area contributed by atoms with Crippen molar-refractivity contribution >= 4 is 5.97 Å². The Balaban J connectivity index is 2.59. The molecule has 0 aromatic carbocycles. The summed E-state index contributed by atoms with van der Waals surface area (Å²) in [7, 11) is 1.30. The number of carbonyl (C=O) groups is 1. The summed E-state index contributed by atoms with van der Waals surface area (Å²) in [5.41, 5.74) is 0.644. The second-order valence-corrected chi connectivity index (χ2v) is 4.19. The minimum absolute atomic E-state index is 0.0378. The second-order valence-electron chi connectivity index (χ2n) is 4.19. The maximum atomic E-state index is 11.0. The van der Waals surface area contributed by atoms with Gasteiger partial charge >= 0.3 is 5.97 Å². The summed E-state index contributed by atoms with van der Waals surface area (Å²) in [6, 6.07) is 0. The highest BCUT2D eigenvalue weighted by atomic mass is 16.5. The van der Waals surface area contributed by atoms with Crippen molar-refractivity contribution in [3.63, 3.8) is 0 Å². The number of hydrogen-bond acceptors (Lipinski definition) is 4. The molecule has 0 aliphatic heterocycles. The van der Waals surface area contributed by atoms with Crippen LogP contribution in [0.4, 0.5) is 0 Å². The first kappa shape index (κ1) is 12.7. The third-order valence-electron chi connectivity index (χ3n) is 2.18. The molecule has 0 amide bonds. The Kier molecular flexibility index (Phi) is 4.49. The molecule has 0 unspecified atom stereocenters. The zero-order valence-electron chi connectivity index (χ0n) is 9.88. The van der Waals surface area contributed by atoms with E-state index in [0.29, 0.717) is 11.5 Å². The maximum absolute atomic E-state index is 11.0. The lowest BCUT2D eigenvalue weighted by atomic mass is 10.1. The highest BCUT2D eigenvalue weighted by molar-refractivity contribution is 5.69. The zero-order chi connectivity index (χ0) is 12.1. The van der Waals surface area contributed by atoms with Gasteiger partial charge in [0.25, 0.3) is 0 Å². The summed E-state index contributed by atoms with van der Waals surface area (Å²) < 4.78 is 6.25. The van der Waals surface area contributed by atoms with E-state index in [4.69, 9.17) is 0 Å². The van der Waals surface area contributed by atoms with Crippen LogP contribution in [0.25, 0.3) is 0 Å². The minimum Gasteiger partial charge on any atom is -0.469 e. The Labute approximate surface area is 95.0 Å². The molecule has 1 N–H and O–H groups in total. The molecular formula is C11H18N2O3. The van der Waals surface area contributed by atoms with Gasteiger partial charge in [0.1, 0.15) is 0 Å². The van der Waals surface area contributed by atoms with Crippen molar-refractivity contribution in [2.75, 3.05) is 7.11 Å². The molecule has 0 saturated carbocycles. The van der Waals surface area contributed by atoms with Crippen LogP contribution < -0.4 is 0 Å². The molecule has 0 fully saturated rings. The number of aliphatic hydroxyl groups is 1. The molecule has 1 aromatic heterocycles. The van der Waals surface area contributed by atoms with Gasteiger partial charge in [0.05, 0.1) is 25.8 Å². The molecule has 16 heavy (non-hydrogen) atoms. The predicted octanol–water partition coefficient (Wildman–Crippen LogP) is 1.14. The Bertz CT molecular complexity index is 347. The van der Waals surface area contributed by atoms with Crippen molar-refractivity contribution < 1.29 is 14.6 Å². The fourth-order valence-electron chi connectivity index (χ4n) is 1.38. The van der Waals surface area contributed by atoms with E-state index in [2.05, 4.69) is 23.7 Å². The van der Waals surface area contributed by atoms with Crippen LogP contribution in [0.3, 0.4) is 0 Å². The lowest BCUT2D eigenvalue weighted by Gasteiger charge is -2.06. The number of carbonyl (C=O) groups excluding carboxylic acids is 1. The molecule has 90 valence electrons. The highest BCUT2D eigenvalue weighted by Gasteiger charge is 2.15. The summed E-state index contributed by atoms with van der Waals surface area (Å²) in [5, 5.41) is 13.8. The molecule has 1 heterocycles. The Morgan fingerprint density at radius 3 is 2.88 bits per heavy atom. The van der Waals surface area contributed by atoms with Crippen LogP contribution in [-0.2, 0) is 16.1 Å². The van der Waals surface area contributed by atoms with Gasteiger partial charge in [-0.05, 0) is 5.92 Å². The first-order valence-electron chi connectivity index (χ1n) is 5.30. The largest absolute Gasteiger partial charge is 0.469 e. The number of rotatable bonds is 5. The van der Waals surface area contributed by atoms with Crippen LogP contribution in [0.5, 0.6) is 0 Å². The summed E-state index contributed by atoms with van der Waals surface area (Å²) in [4.78, 5) is 11.0. The molecule has 1 rings (SSSR count). The van der Waals surface area contributed by atoms with E-state index >= 15 is 0 Å². The van der Waals surface area contributed by atoms with Gasteiger partial charge < -0.3 is 9.84 Å². The first-order valence-corrected chi connectivity index (χ1v) is 5.30. The van der Waals surface area contributed by atoms with Gasteiger partial charge in [-0.3, -0.25) is 9.48 Å². The van der Waals surface area contributed by atoms with Crippen molar-refractivity contribution in [1.29, 1.82) is 0 Å². The van der Waals surface area contributed by atoms with Gasteiger partial charge in [-0.15, -0.1) is 0 Å². The minimum atomic E-state index is -0.839.